The van der Waals surface area contributed by atoms with Crippen molar-refractivity contribution in [3.8, 4) is 0 Å². The average Bonchev–Trinajstić information content (AvgIpc) is 2.05. The highest BCUT2D eigenvalue weighted by Gasteiger charge is 2.06. The summed E-state index contributed by atoms with van der Waals surface area (Å²) >= 11 is 0. The third-order valence-electron chi connectivity index (χ3n) is 2.12. The average molecular weight is 172 g/mol. The van der Waals surface area contributed by atoms with Gasteiger partial charge in [-0.3, -0.25) is 4.79 Å². The second-order valence-electron chi connectivity index (χ2n) is 3.19. The summed E-state index contributed by atoms with van der Waals surface area (Å²) in [6.45, 7) is 6.26. The lowest BCUT2D eigenvalue weighted by molar-refractivity contribution is -0.109. The van der Waals surface area contributed by atoms with E-state index in [1.165, 1.54) is 6.42 Å². The van der Waals surface area contributed by atoms with Crippen LogP contribution < -0.4 is 5.32 Å². The minimum atomic E-state index is 0.553. The molecule has 0 aliphatic heterocycles. The number of carbonyl (C=O) groups is 1. The van der Waals surface area contributed by atoms with E-state index < -0.39 is 0 Å². The fourth-order valence-corrected chi connectivity index (χ4v) is 1.14. The lowest BCUT2D eigenvalue weighted by Crippen LogP contribution is -2.32. The number of carbonyl (C=O) groups excluding carboxylic acids is 1. The van der Waals surface area contributed by atoms with Crippen molar-refractivity contribution < 1.29 is 4.79 Å². The van der Waals surface area contributed by atoms with Crippen LogP contribution in [0.15, 0.2) is 0 Å². The van der Waals surface area contributed by atoms with E-state index in [9.17, 15) is 4.79 Å². The number of hydrogen-bond donors (Lipinski definition) is 1. The number of amides is 1. The van der Waals surface area contributed by atoms with Gasteiger partial charge in [-0.25, -0.2) is 0 Å². The first-order valence-corrected chi connectivity index (χ1v) is 4.59. The summed E-state index contributed by atoms with van der Waals surface area (Å²) in [6.07, 6.45) is 2.96. The van der Waals surface area contributed by atoms with Gasteiger partial charge in [-0.1, -0.05) is 6.92 Å². The Morgan fingerprint density at radius 1 is 1.58 bits per heavy atom. The lowest BCUT2D eigenvalue weighted by atomic mass is 10.2. The Balaban J connectivity index is 3.41. The number of nitrogens with one attached hydrogen (secondary N) is 1. The van der Waals surface area contributed by atoms with Crippen molar-refractivity contribution in [2.24, 2.45) is 0 Å². The highest BCUT2D eigenvalue weighted by Crippen LogP contribution is 2.00. The Bertz CT molecular complexity index is 117. The predicted octanol–water partition coefficient (Wildman–Crippen LogP) is 0.853. The first-order chi connectivity index (χ1) is 5.72. The van der Waals surface area contributed by atoms with Crippen molar-refractivity contribution in [1.82, 2.24) is 10.2 Å². The van der Waals surface area contributed by atoms with E-state index in [4.69, 9.17) is 0 Å². The monoisotopic (exact) mass is 172 g/mol. The first kappa shape index (κ1) is 11.4. The fraction of sp³-hybridized carbons (Fsp3) is 0.889. The maximum atomic E-state index is 9.96. The van der Waals surface area contributed by atoms with Gasteiger partial charge < -0.3 is 10.2 Å². The van der Waals surface area contributed by atoms with E-state index >= 15 is 0 Å². The van der Waals surface area contributed by atoms with E-state index in [0.717, 1.165) is 25.9 Å². The Hall–Kier alpha value is -0.570. The molecule has 0 spiro atoms. The van der Waals surface area contributed by atoms with E-state index in [1.807, 2.05) is 0 Å². The van der Waals surface area contributed by atoms with Crippen LogP contribution in [-0.2, 0) is 4.79 Å². The van der Waals surface area contributed by atoms with Gasteiger partial charge >= 0.3 is 0 Å². The van der Waals surface area contributed by atoms with Crippen molar-refractivity contribution in [3.63, 3.8) is 0 Å². The summed E-state index contributed by atoms with van der Waals surface area (Å²) in [6, 6.07) is 0.553. The minimum Gasteiger partial charge on any atom is -0.359 e. The largest absolute Gasteiger partial charge is 0.359 e. The first-order valence-electron chi connectivity index (χ1n) is 4.59. The topological polar surface area (TPSA) is 32.3 Å². The summed E-state index contributed by atoms with van der Waals surface area (Å²) in [5.41, 5.74) is 0. The zero-order chi connectivity index (χ0) is 9.40. The van der Waals surface area contributed by atoms with Crippen LogP contribution in [0.5, 0.6) is 0 Å². The van der Waals surface area contributed by atoms with Crippen LogP contribution in [0.1, 0.15) is 26.7 Å². The SMILES string of the molecule is CCCN(C)C(C)CCNC=O. The normalized spacial score (nSPS) is 13.0. The molecule has 0 bridgehead atoms. The molecule has 0 rings (SSSR count). The summed E-state index contributed by atoms with van der Waals surface area (Å²) in [7, 11) is 2.12. The molecule has 12 heavy (non-hydrogen) atoms. The summed E-state index contributed by atoms with van der Waals surface area (Å²) in [4.78, 5) is 12.3. The van der Waals surface area contributed by atoms with Crippen molar-refractivity contribution in [3.05, 3.63) is 0 Å². The van der Waals surface area contributed by atoms with E-state index in [-0.39, 0.29) is 0 Å². The molecule has 1 amide bonds. The highest BCUT2D eigenvalue weighted by atomic mass is 16.1. The molecule has 0 heterocycles. The third-order valence-corrected chi connectivity index (χ3v) is 2.12. The third kappa shape index (κ3) is 5.13. The van der Waals surface area contributed by atoms with E-state index in [1.54, 1.807) is 0 Å². The quantitative estimate of drug-likeness (QED) is 0.456. The molecular weight excluding hydrogens is 152 g/mol. The number of rotatable bonds is 7. The molecule has 1 unspecified atom stereocenters. The van der Waals surface area contributed by atoms with Crippen LogP contribution in [0, 0.1) is 0 Å². The van der Waals surface area contributed by atoms with Crippen molar-refractivity contribution in [2.75, 3.05) is 20.1 Å². The molecule has 1 atom stereocenters. The summed E-state index contributed by atoms with van der Waals surface area (Å²) in [5, 5.41) is 2.67. The molecule has 0 aromatic rings. The van der Waals surface area contributed by atoms with Gasteiger partial charge in [0.25, 0.3) is 0 Å². The van der Waals surface area contributed by atoms with Gasteiger partial charge in [0.05, 0.1) is 0 Å². The standard InChI is InChI=1S/C9H20N2O/c1-4-7-11(3)9(2)5-6-10-8-12/h8-9H,4-7H2,1-3H3,(H,10,12). The van der Waals surface area contributed by atoms with E-state index in [2.05, 4.69) is 31.1 Å². The van der Waals surface area contributed by atoms with Crippen LogP contribution >= 0.6 is 0 Å². The Labute approximate surface area is 75.1 Å². The maximum absolute atomic E-state index is 9.96. The Kier molecular flexibility index (Phi) is 6.76. The van der Waals surface area contributed by atoms with Gasteiger partial charge in [-0.2, -0.15) is 0 Å². The van der Waals surface area contributed by atoms with Crippen molar-refractivity contribution in [1.29, 1.82) is 0 Å². The highest BCUT2D eigenvalue weighted by molar-refractivity contribution is 5.45. The zero-order valence-corrected chi connectivity index (χ0v) is 8.34. The second kappa shape index (κ2) is 7.10. The zero-order valence-electron chi connectivity index (χ0n) is 8.34. The molecule has 72 valence electrons. The molecule has 3 nitrogen and oxygen atoms in total. The van der Waals surface area contributed by atoms with Crippen LogP contribution in [0.4, 0.5) is 0 Å². The second-order valence-corrected chi connectivity index (χ2v) is 3.19. The maximum Gasteiger partial charge on any atom is 0.207 e. The van der Waals surface area contributed by atoms with Gasteiger partial charge in [0.15, 0.2) is 0 Å². The Morgan fingerprint density at radius 3 is 2.75 bits per heavy atom. The fourth-order valence-electron chi connectivity index (χ4n) is 1.14. The Morgan fingerprint density at radius 2 is 2.25 bits per heavy atom. The van der Waals surface area contributed by atoms with Gasteiger partial charge in [0, 0.05) is 12.6 Å². The molecule has 0 aromatic heterocycles. The molecule has 1 N–H and O–H groups in total. The molecule has 3 heteroatoms. The molecule has 0 radical (unpaired) electrons. The number of hydrogen-bond acceptors (Lipinski definition) is 2. The summed E-state index contributed by atoms with van der Waals surface area (Å²) < 4.78 is 0. The van der Waals surface area contributed by atoms with E-state index in [0.29, 0.717) is 6.04 Å². The molecule has 0 aromatic carbocycles. The van der Waals surface area contributed by atoms with Crippen LogP contribution in [-0.4, -0.2) is 37.5 Å². The van der Waals surface area contributed by atoms with Gasteiger partial charge in [0.1, 0.15) is 0 Å². The summed E-state index contributed by atoms with van der Waals surface area (Å²) in [5.74, 6) is 0. The van der Waals surface area contributed by atoms with Crippen LogP contribution in [0.25, 0.3) is 0 Å². The van der Waals surface area contributed by atoms with Gasteiger partial charge in [0.2, 0.25) is 6.41 Å². The molecule has 0 saturated heterocycles. The molecule has 0 fully saturated rings. The van der Waals surface area contributed by atoms with Crippen molar-refractivity contribution in [2.45, 2.75) is 32.7 Å². The van der Waals surface area contributed by atoms with Crippen molar-refractivity contribution >= 4 is 6.41 Å². The van der Waals surface area contributed by atoms with Gasteiger partial charge in [-0.05, 0) is 33.4 Å². The predicted molar refractivity (Wildman–Crippen MR) is 51.1 cm³/mol. The van der Waals surface area contributed by atoms with Crippen LogP contribution in [0.2, 0.25) is 0 Å². The molecule has 0 saturated carbocycles. The van der Waals surface area contributed by atoms with Crippen LogP contribution in [0.3, 0.4) is 0 Å². The number of nitrogens with zero attached hydrogens (tertiary/aromatic N) is 1. The van der Waals surface area contributed by atoms with Gasteiger partial charge in [-0.15, -0.1) is 0 Å². The lowest BCUT2D eigenvalue weighted by Gasteiger charge is -2.23. The smallest absolute Gasteiger partial charge is 0.207 e. The molecule has 0 aliphatic rings. The molecular formula is C9H20N2O. The molecule has 0 aliphatic carbocycles. The minimum absolute atomic E-state index is 0.553.